The lowest BCUT2D eigenvalue weighted by Crippen LogP contribution is -2.31. The van der Waals surface area contributed by atoms with Crippen molar-refractivity contribution in [3.05, 3.63) is 56.7 Å². The van der Waals surface area contributed by atoms with E-state index >= 15 is 0 Å². The number of hydrogen-bond acceptors (Lipinski definition) is 3. The van der Waals surface area contributed by atoms with Crippen LogP contribution in [-0.4, -0.2) is 18.4 Å². The molecule has 0 aliphatic rings. The van der Waals surface area contributed by atoms with Crippen LogP contribution in [0.25, 0.3) is 0 Å². The van der Waals surface area contributed by atoms with Crippen molar-refractivity contribution in [3.63, 3.8) is 0 Å². The van der Waals surface area contributed by atoms with Crippen molar-refractivity contribution in [3.8, 4) is 0 Å². The number of carbonyl (C=O) groups is 2. The number of thiophene rings is 1. The molecule has 0 spiro atoms. The molecule has 4 nitrogen and oxygen atoms in total. The van der Waals surface area contributed by atoms with Crippen molar-refractivity contribution in [1.29, 1.82) is 0 Å². The van der Waals surface area contributed by atoms with Crippen LogP contribution >= 0.6 is 27.3 Å². The van der Waals surface area contributed by atoms with Gasteiger partial charge in [-0.3, -0.25) is 9.59 Å². The van der Waals surface area contributed by atoms with E-state index in [4.69, 9.17) is 0 Å². The molecular weight excluding hydrogens is 364 g/mol. The van der Waals surface area contributed by atoms with Crippen LogP contribution in [0.1, 0.15) is 16.9 Å². The predicted molar refractivity (Wildman–Crippen MR) is 91.6 cm³/mol. The Hall–Kier alpha value is -1.66. The molecule has 2 rings (SSSR count). The van der Waals surface area contributed by atoms with Gasteiger partial charge in [0, 0.05) is 17.8 Å². The van der Waals surface area contributed by atoms with E-state index in [9.17, 15) is 9.59 Å². The van der Waals surface area contributed by atoms with Crippen molar-refractivity contribution in [1.82, 2.24) is 10.6 Å². The first-order chi connectivity index (χ1) is 10.6. The maximum absolute atomic E-state index is 11.7. The lowest BCUT2D eigenvalue weighted by molar-refractivity contribution is -0.122. The first kappa shape index (κ1) is 16.7. The van der Waals surface area contributed by atoms with Gasteiger partial charge in [0.25, 0.3) is 0 Å². The van der Waals surface area contributed by atoms with Gasteiger partial charge in [-0.1, -0.05) is 30.3 Å². The zero-order valence-corrected chi connectivity index (χ0v) is 14.4. The summed E-state index contributed by atoms with van der Waals surface area (Å²) in [6, 6.07) is 13.5. The van der Waals surface area contributed by atoms with E-state index in [0.717, 1.165) is 14.2 Å². The molecule has 2 aromatic rings. The molecule has 2 amide bonds. The molecule has 6 heteroatoms. The number of rotatable bonds is 7. The fourth-order valence-corrected chi connectivity index (χ4v) is 3.30. The van der Waals surface area contributed by atoms with Crippen molar-refractivity contribution in [2.24, 2.45) is 0 Å². The summed E-state index contributed by atoms with van der Waals surface area (Å²) in [5, 5.41) is 5.59. The van der Waals surface area contributed by atoms with E-state index in [0.29, 0.717) is 19.5 Å². The van der Waals surface area contributed by atoms with Crippen LogP contribution in [0.4, 0.5) is 0 Å². The molecule has 0 unspecified atom stereocenters. The summed E-state index contributed by atoms with van der Waals surface area (Å²) in [6.45, 7) is 0.874. The zero-order chi connectivity index (χ0) is 15.8. The van der Waals surface area contributed by atoms with Gasteiger partial charge in [-0.2, -0.15) is 0 Å². The maximum atomic E-state index is 11.7. The van der Waals surface area contributed by atoms with Crippen LogP contribution in [0.15, 0.2) is 46.3 Å². The molecule has 2 N–H and O–H groups in total. The first-order valence-corrected chi connectivity index (χ1v) is 8.56. The molecule has 0 saturated carbocycles. The van der Waals surface area contributed by atoms with Gasteiger partial charge in [0.2, 0.25) is 11.8 Å². The molecule has 1 aromatic carbocycles. The van der Waals surface area contributed by atoms with E-state index in [1.54, 1.807) is 11.3 Å². The zero-order valence-electron chi connectivity index (χ0n) is 12.0. The molecular formula is C16H17BrN2O2S. The van der Waals surface area contributed by atoms with Gasteiger partial charge in [0.1, 0.15) is 0 Å². The second kappa shape index (κ2) is 8.70. The fourth-order valence-electron chi connectivity index (χ4n) is 1.88. The average molecular weight is 381 g/mol. The van der Waals surface area contributed by atoms with E-state index in [1.165, 1.54) is 0 Å². The highest BCUT2D eigenvalue weighted by molar-refractivity contribution is 9.11. The Kier molecular flexibility index (Phi) is 6.61. The highest BCUT2D eigenvalue weighted by atomic mass is 79.9. The summed E-state index contributed by atoms with van der Waals surface area (Å²) >= 11 is 4.97. The molecule has 116 valence electrons. The lowest BCUT2D eigenvalue weighted by Gasteiger charge is -2.06. The number of nitrogens with one attached hydrogen (secondary N) is 2. The fraction of sp³-hybridized carbons (Fsp3) is 0.250. The molecule has 1 heterocycles. The second-order valence-corrected chi connectivity index (χ2v) is 7.29. The Bertz CT molecular complexity index is 628. The molecule has 0 atom stereocenters. The standard InChI is InChI=1S/C16H17BrN2O2S/c17-14-7-6-13(22-14)11-19-15(20)8-9-18-16(21)10-12-4-2-1-3-5-12/h1-7H,8-11H2,(H,18,21)(H,19,20). The normalized spacial score (nSPS) is 10.2. The third-order valence-corrected chi connectivity index (χ3v) is 4.59. The molecule has 0 radical (unpaired) electrons. The minimum absolute atomic E-state index is 0.0652. The van der Waals surface area contributed by atoms with E-state index in [2.05, 4.69) is 26.6 Å². The third-order valence-electron chi connectivity index (χ3n) is 2.97. The highest BCUT2D eigenvalue weighted by Gasteiger charge is 2.06. The van der Waals surface area contributed by atoms with Crippen LogP contribution < -0.4 is 10.6 Å². The predicted octanol–water partition coefficient (Wildman–Crippen LogP) is 2.88. The smallest absolute Gasteiger partial charge is 0.224 e. The Morgan fingerprint density at radius 2 is 1.77 bits per heavy atom. The van der Waals surface area contributed by atoms with Crippen molar-refractivity contribution in [2.45, 2.75) is 19.4 Å². The van der Waals surface area contributed by atoms with Crippen molar-refractivity contribution in [2.75, 3.05) is 6.54 Å². The van der Waals surface area contributed by atoms with Crippen LogP contribution in [0.5, 0.6) is 0 Å². The molecule has 1 aromatic heterocycles. The van der Waals surface area contributed by atoms with E-state index in [1.807, 2.05) is 42.5 Å². The molecule has 0 aliphatic heterocycles. The quantitative estimate of drug-likeness (QED) is 0.775. The molecule has 0 saturated heterocycles. The molecule has 0 bridgehead atoms. The summed E-state index contributed by atoms with van der Waals surface area (Å²) < 4.78 is 1.05. The number of carbonyl (C=O) groups excluding carboxylic acids is 2. The summed E-state index contributed by atoms with van der Waals surface area (Å²) in [5.41, 5.74) is 0.965. The minimum Gasteiger partial charge on any atom is -0.355 e. The monoisotopic (exact) mass is 380 g/mol. The Morgan fingerprint density at radius 3 is 2.45 bits per heavy atom. The summed E-state index contributed by atoms with van der Waals surface area (Å²) in [6.07, 6.45) is 0.624. The summed E-state index contributed by atoms with van der Waals surface area (Å²) in [7, 11) is 0. The number of hydrogen-bond donors (Lipinski definition) is 2. The number of amides is 2. The van der Waals surface area contributed by atoms with E-state index < -0.39 is 0 Å². The minimum atomic E-state index is -0.0683. The van der Waals surface area contributed by atoms with Gasteiger partial charge in [-0.15, -0.1) is 11.3 Å². The van der Waals surface area contributed by atoms with Crippen LogP contribution in [0.3, 0.4) is 0 Å². The van der Waals surface area contributed by atoms with Gasteiger partial charge in [0.05, 0.1) is 16.8 Å². The van der Waals surface area contributed by atoms with Crippen LogP contribution in [-0.2, 0) is 22.6 Å². The number of halogens is 1. The average Bonchev–Trinajstić information content (AvgIpc) is 2.92. The van der Waals surface area contributed by atoms with Crippen molar-refractivity contribution < 1.29 is 9.59 Å². The van der Waals surface area contributed by atoms with Gasteiger partial charge >= 0.3 is 0 Å². The van der Waals surface area contributed by atoms with Gasteiger partial charge in [-0.25, -0.2) is 0 Å². The molecule has 0 fully saturated rings. The van der Waals surface area contributed by atoms with Crippen molar-refractivity contribution >= 4 is 39.1 Å². The van der Waals surface area contributed by atoms with Crippen LogP contribution in [0.2, 0.25) is 0 Å². The SMILES string of the molecule is O=C(CCNC(=O)Cc1ccccc1)NCc1ccc(Br)s1. The third kappa shape index (κ3) is 5.99. The highest BCUT2D eigenvalue weighted by Crippen LogP contribution is 2.21. The number of benzene rings is 1. The second-order valence-electron chi connectivity index (χ2n) is 4.74. The van der Waals surface area contributed by atoms with E-state index in [-0.39, 0.29) is 18.2 Å². The first-order valence-electron chi connectivity index (χ1n) is 6.95. The lowest BCUT2D eigenvalue weighted by atomic mass is 10.1. The summed E-state index contributed by atoms with van der Waals surface area (Å²) in [5.74, 6) is -0.134. The largest absolute Gasteiger partial charge is 0.355 e. The summed E-state index contributed by atoms with van der Waals surface area (Å²) in [4.78, 5) is 24.5. The van der Waals surface area contributed by atoms with Gasteiger partial charge in [0.15, 0.2) is 0 Å². The van der Waals surface area contributed by atoms with Gasteiger partial charge < -0.3 is 10.6 Å². The topological polar surface area (TPSA) is 58.2 Å². The molecule has 22 heavy (non-hydrogen) atoms. The Balaban J connectivity index is 1.61. The van der Waals surface area contributed by atoms with Gasteiger partial charge in [-0.05, 0) is 33.6 Å². The Morgan fingerprint density at radius 1 is 1.00 bits per heavy atom. The maximum Gasteiger partial charge on any atom is 0.224 e. The molecule has 0 aliphatic carbocycles. The Labute approximate surface area is 142 Å². The van der Waals surface area contributed by atoms with Crippen LogP contribution in [0, 0.1) is 0 Å².